The van der Waals surface area contributed by atoms with Crippen LogP contribution in [0.2, 0.25) is 0 Å². The van der Waals surface area contributed by atoms with Gasteiger partial charge in [0.15, 0.2) is 5.13 Å². The number of nitrogens with zero attached hydrogens (tertiary/aromatic N) is 3. The van der Waals surface area contributed by atoms with Crippen molar-refractivity contribution in [1.29, 1.82) is 0 Å². The number of nitrogens with one attached hydrogen (secondary N) is 1. The van der Waals surface area contributed by atoms with E-state index in [1.807, 2.05) is 10.3 Å². The number of rotatable bonds is 4. The third kappa shape index (κ3) is 5.51. The van der Waals surface area contributed by atoms with Gasteiger partial charge >= 0.3 is 0 Å². The summed E-state index contributed by atoms with van der Waals surface area (Å²) >= 11 is 1.43. The first-order chi connectivity index (χ1) is 11.1. The molecule has 24 heavy (non-hydrogen) atoms. The smallest absolute Gasteiger partial charge is 0.240 e. The van der Waals surface area contributed by atoms with Gasteiger partial charge in [-0.1, -0.05) is 20.8 Å². The first kappa shape index (κ1) is 19.3. The Morgan fingerprint density at radius 1 is 1.29 bits per heavy atom. The maximum atomic E-state index is 12.2. The van der Waals surface area contributed by atoms with Crippen LogP contribution in [0.3, 0.4) is 0 Å². The molecule has 1 amide bonds. The molecule has 0 spiro atoms. The third-order valence-corrected chi connectivity index (χ3v) is 5.96. The standard InChI is InChI=1S/C15H26N4O3S2/c1-15(2,3)12-11-23-14(16-12)17-13(20)10-18-6-5-7-19(9-8-18)24(4,21)22/h11H,5-10H2,1-4H3,(H,16,17,20). The van der Waals surface area contributed by atoms with Crippen molar-refractivity contribution in [3.8, 4) is 0 Å². The molecule has 0 radical (unpaired) electrons. The second-order valence-corrected chi connectivity index (χ2v) is 9.97. The lowest BCUT2D eigenvalue weighted by atomic mass is 9.93. The zero-order chi connectivity index (χ0) is 18.0. The average Bonchev–Trinajstić information content (AvgIpc) is 2.76. The summed E-state index contributed by atoms with van der Waals surface area (Å²) in [5, 5.41) is 5.41. The number of anilines is 1. The van der Waals surface area contributed by atoms with E-state index in [2.05, 4.69) is 31.1 Å². The van der Waals surface area contributed by atoms with Crippen molar-refractivity contribution in [3.63, 3.8) is 0 Å². The van der Waals surface area contributed by atoms with Gasteiger partial charge in [0, 0.05) is 30.4 Å². The molecule has 0 bridgehead atoms. The zero-order valence-corrected chi connectivity index (χ0v) is 16.3. The van der Waals surface area contributed by atoms with Crippen LogP contribution in [0.1, 0.15) is 32.9 Å². The van der Waals surface area contributed by atoms with Gasteiger partial charge in [0.25, 0.3) is 0 Å². The molecule has 1 fully saturated rings. The Labute approximate surface area is 148 Å². The predicted octanol–water partition coefficient (Wildman–Crippen LogP) is 1.35. The van der Waals surface area contributed by atoms with Crippen molar-refractivity contribution in [3.05, 3.63) is 11.1 Å². The van der Waals surface area contributed by atoms with Gasteiger partial charge in [-0.15, -0.1) is 11.3 Å². The molecular weight excluding hydrogens is 348 g/mol. The number of thiazole rings is 1. The van der Waals surface area contributed by atoms with Gasteiger partial charge in [-0.2, -0.15) is 0 Å². The monoisotopic (exact) mass is 374 g/mol. The normalized spacial score (nSPS) is 18.3. The Morgan fingerprint density at radius 2 is 2.00 bits per heavy atom. The van der Waals surface area contributed by atoms with Gasteiger partial charge in [-0.05, 0) is 13.0 Å². The van der Waals surface area contributed by atoms with E-state index < -0.39 is 10.0 Å². The molecule has 1 aliphatic heterocycles. The summed E-state index contributed by atoms with van der Waals surface area (Å²) in [5.41, 5.74) is 0.917. The van der Waals surface area contributed by atoms with Crippen molar-refractivity contribution < 1.29 is 13.2 Å². The van der Waals surface area contributed by atoms with Crippen molar-refractivity contribution in [2.75, 3.05) is 44.3 Å². The fraction of sp³-hybridized carbons (Fsp3) is 0.733. The molecule has 1 saturated heterocycles. The summed E-state index contributed by atoms with van der Waals surface area (Å²) in [6.07, 6.45) is 1.95. The van der Waals surface area contributed by atoms with Crippen LogP contribution in [0.15, 0.2) is 5.38 Å². The molecule has 0 atom stereocenters. The topological polar surface area (TPSA) is 82.6 Å². The van der Waals surface area contributed by atoms with Crippen molar-refractivity contribution >= 4 is 32.4 Å². The Bertz CT molecular complexity index is 679. The first-order valence-corrected chi connectivity index (χ1v) is 10.7. The molecule has 2 heterocycles. The lowest BCUT2D eigenvalue weighted by Crippen LogP contribution is -2.37. The van der Waals surface area contributed by atoms with E-state index >= 15 is 0 Å². The summed E-state index contributed by atoms with van der Waals surface area (Å²) in [4.78, 5) is 18.7. The fourth-order valence-electron chi connectivity index (χ4n) is 2.47. The summed E-state index contributed by atoms with van der Waals surface area (Å²) in [7, 11) is -3.16. The van der Waals surface area contributed by atoms with E-state index in [0.29, 0.717) is 31.3 Å². The Kier molecular flexibility index (Phi) is 6.00. The number of carbonyl (C=O) groups is 1. The Balaban J connectivity index is 1.87. The zero-order valence-electron chi connectivity index (χ0n) is 14.7. The van der Waals surface area contributed by atoms with E-state index in [1.165, 1.54) is 21.9 Å². The summed E-state index contributed by atoms with van der Waals surface area (Å²) in [5.74, 6) is -0.113. The Morgan fingerprint density at radius 3 is 2.58 bits per heavy atom. The van der Waals surface area contributed by atoms with Gasteiger partial charge in [0.05, 0.1) is 18.5 Å². The molecular formula is C15H26N4O3S2. The van der Waals surface area contributed by atoms with Gasteiger partial charge in [0.2, 0.25) is 15.9 Å². The van der Waals surface area contributed by atoms with Gasteiger partial charge in [-0.3, -0.25) is 9.69 Å². The summed E-state index contributed by atoms with van der Waals surface area (Å²) < 4.78 is 24.7. The molecule has 1 aliphatic rings. The largest absolute Gasteiger partial charge is 0.301 e. The number of amides is 1. The van der Waals surface area contributed by atoms with E-state index in [-0.39, 0.29) is 17.9 Å². The minimum Gasteiger partial charge on any atom is -0.301 e. The molecule has 0 saturated carbocycles. The summed E-state index contributed by atoms with van der Waals surface area (Å²) in [6.45, 7) is 8.71. The van der Waals surface area contributed by atoms with Gasteiger partial charge in [0.1, 0.15) is 0 Å². The second-order valence-electron chi connectivity index (χ2n) is 7.13. The number of sulfonamides is 1. The summed E-state index contributed by atoms with van der Waals surface area (Å²) in [6, 6.07) is 0. The van der Waals surface area contributed by atoms with E-state index in [4.69, 9.17) is 0 Å². The lowest BCUT2D eigenvalue weighted by molar-refractivity contribution is -0.117. The van der Waals surface area contributed by atoms with E-state index in [1.54, 1.807) is 0 Å². The highest BCUT2D eigenvalue weighted by Crippen LogP contribution is 2.26. The highest BCUT2D eigenvalue weighted by Gasteiger charge is 2.23. The number of hydrogen-bond acceptors (Lipinski definition) is 6. The lowest BCUT2D eigenvalue weighted by Gasteiger charge is -2.19. The van der Waals surface area contributed by atoms with Gasteiger partial charge in [-0.25, -0.2) is 17.7 Å². The number of aromatic nitrogens is 1. The highest BCUT2D eigenvalue weighted by molar-refractivity contribution is 7.88. The first-order valence-electron chi connectivity index (χ1n) is 7.99. The van der Waals surface area contributed by atoms with Crippen LogP contribution in [-0.2, 0) is 20.2 Å². The van der Waals surface area contributed by atoms with Crippen molar-refractivity contribution in [2.45, 2.75) is 32.6 Å². The molecule has 7 nitrogen and oxygen atoms in total. The quantitative estimate of drug-likeness (QED) is 0.860. The van der Waals surface area contributed by atoms with E-state index in [0.717, 1.165) is 12.1 Å². The predicted molar refractivity (Wildman–Crippen MR) is 96.9 cm³/mol. The van der Waals surface area contributed by atoms with Crippen LogP contribution in [0.4, 0.5) is 5.13 Å². The number of carbonyl (C=O) groups excluding carboxylic acids is 1. The number of hydrogen-bond donors (Lipinski definition) is 1. The SMILES string of the molecule is CC(C)(C)c1csc(NC(=O)CN2CCCN(S(C)(=O)=O)CC2)n1. The maximum absolute atomic E-state index is 12.2. The third-order valence-electron chi connectivity index (χ3n) is 3.90. The second kappa shape index (κ2) is 7.47. The molecule has 0 aliphatic carbocycles. The van der Waals surface area contributed by atoms with Crippen LogP contribution < -0.4 is 5.32 Å². The van der Waals surface area contributed by atoms with Crippen molar-refractivity contribution in [1.82, 2.24) is 14.2 Å². The van der Waals surface area contributed by atoms with Crippen LogP contribution in [0.25, 0.3) is 0 Å². The fourth-order valence-corrected chi connectivity index (χ4v) is 4.30. The molecule has 136 valence electrons. The highest BCUT2D eigenvalue weighted by atomic mass is 32.2. The van der Waals surface area contributed by atoms with E-state index in [9.17, 15) is 13.2 Å². The van der Waals surface area contributed by atoms with Crippen LogP contribution in [0.5, 0.6) is 0 Å². The van der Waals surface area contributed by atoms with Crippen LogP contribution >= 0.6 is 11.3 Å². The minimum atomic E-state index is -3.16. The van der Waals surface area contributed by atoms with Crippen molar-refractivity contribution in [2.24, 2.45) is 0 Å². The average molecular weight is 375 g/mol. The minimum absolute atomic E-state index is 0.0423. The Hall–Kier alpha value is -1.03. The molecule has 0 aromatic carbocycles. The molecule has 0 unspecified atom stereocenters. The molecule has 9 heteroatoms. The maximum Gasteiger partial charge on any atom is 0.240 e. The van der Waals surface area contributed by atoms with Crippen LogP contribution in [-0.4, -0.2) is 67.5 Å². The molecule has 1 N–H and O–H groups in total. The molecule has 2 rings (SSSR count). The molecule has 1 aromatic rings. The van der Waals surface area contributed by atoms with Gasteiger partial charge < -0.3 is 5.32 Å². The molecule has 1 aromatic heterocycles. The van der Waals surface area contributed by atoms with Crippen LogP contribution in [0, 0.1) is 0 Å².